The molecular weight excluding hydrogens is 214 g/mol. The molecular formula is C13H15N3O. The fourth-order valence-electron chi connectivity index (χ4n) is 1.86. The molecule has 0 aliphatic rings. The predicted octanol–water partition coefficient (Wildman–Crippen LogP) is 1.62. The summed E-state index contributed by atoms with van der Waals surface area (Å²) in [4.78, 5) is 12.1. The van der Waals surface area contributed by atoms with Crippen molar-refractivity contribution in [3.8, 4) is 5.69 Å². The van der Waals surface area contributed by atoms with E-state index < -0.39 is 0 Å². The Bertz CT molecular complexity index is 615. The molecule has 0 unspecified atom stereocenters. The summed E-state index contributed by atoms with van der Waals surface area (Å²) in [6, 6.07) is 9.33. The second-order valence-electron chi connectivity index (χ2n) is 4.01. The van der Waals surface area contributed by atoms with E-state index in [0.717, 1.165) is 5.69 Å². The van der Waals surface area contributed by atoms with Gasteiger partial charge in [0, 0.05) is 16.9 Å². The molecule has 0 spiro atoms. The molecule has 4 N–H and O–H groups in total. The molecule has 1 aromatic carbocycles. The number of hydrogen-bond acceptors (Lipinski definition) is 3. The summed E-state index contributed by atoms with van der Waals surface area (Å²) < 4.78 is 1.54. The van der Waals surface area contributed by atoms with E-state index in [4.69, 9.17) is 11.5 Å². The SMILES string of the molecule is Cc1c(N)c(C)n(-c2ccccc2)c(=O)c1N. The van der Waals surface area contributed by atoms with Crippen molar-refractivity contribution in [3.63, 3.8) is 0 Å². The van der Waals surface area contributed by atoms with Crippen LogP contribution in [-0.2, 0) is 0 Å². The minimum absolute atomic E-state index is 0.206. The first kappa shape index (κ1) is 11.3. The van der Waals surface area contributed by atoms with Gasteiger partial charge in [0.15, 0.2) is 0 Å². The van der Waals surface area contributed by atoms with Gasteiger partial charge in [0.25, 0.3) is 5.56 Å². The van der Waals surface area contributed by atoms with Crippen molar-refractivity contribution in [3.05, 3.63) is 51.9 Å². The summed E-state index contributed by atoms with van der Waals surface area (Å²) in [6.45, 7) is 3.57. The van der Waals surface area contributed by atoms with Crippen molar-refractivity contribution in [1.29, 1.82) is 0 Å². The Labute approximate surface area is 99.5 Å². The third-order valence-corrected chi connectivity index (χ3v) is 2.98. The average Bonchev–Trinajstić information content (AvgIpc) is 2.36. The maximum Gasteiger partial charge on any atom is 0.278 e. The molecule has 0 bridgehead atoms. The first-order chi connectivity index (χ1) is 8.04. The third-order valence-electron chi connectivity index (χ3n) is 2.98. The molecule has 4 nitrogen and oxygen atoms in total. The normalized spacial score (nSPS) is 10.5. The van der Waals surface area contributed by atoms with Crippen LogP contribution in [0.1, 0.15) is 11.3 Å². The van der Waals surface area contributed by atoms with Crippen LogP contribution in [0.2, 0.25) is 0 Å². The Morgan fingerprint density at radius 2 is 1.59 bits per heavy atom. The highest BCUT2D eigenvalue weighted by Gasteiger charge is 2.13. The fourth-order valence-corrected chi connectivity index (χ4v) is 1.86. The molecule has 88 valence electrons. The zero-order valence-electron chi connectivity index (χ0n) is 9.90. The lowest BCUT2D eigenvalue weighted by Crippen LogP contribution is -2.26. The van der Waals surface area contributed by atoms with Gasteiger partial charge in [0.2, 0.25) is 0 Å². The Hall–Kier alpha value is -2.23. The van der Waals surface area contributed by atoms with Crippen LogP contribution >= 0.6 is 0 Å². The quantitative estimate of drug-likeness (QED) is 0.780. The Balaban J connectivity index is 2.85. The van der Waals surface area contributed by atoms with Gasteiger partial charge in [-0.05, 0) is 26.0 Å². The average molecular weight is 229 g/mol. The van der Waals surface area contributed by atoms with Crippen LogP contribution in [0.25, 0.3) is 5.69 Å². The number of hydrogen-bond donors (Lipinski definition) is 2. The molecule has 4 heteroatoms. The molecule has 0 radical (unpaired) electrons. The van der Waals surface area contributed by atoms with Crippen LogP contribution in [-0.4, -0.2) is 4.57 Å². The van der Waals surface area contributed by atoms with E-state index in [1.54, 1.807) is 6.92 Å². The van der Waals surface area contributed by atoms with Crippen molar-refractivity contribution < 1.29 is 0 Å². The lowest BCUT2D eigenvalue weighted by atomic mass is 10.1. The number of nitrogen functional groups attached to an aromatic ring is 2. The number of pyridine rings is 1. The summed E-state index contributed by atoms with van der Waals surface area (Å²) in [7, 11) is 0. The number of nitrogens with two attached hydrogens (primary N) is 2. The molecule has 0 aliphatic carbocycles. The molecule has 1 heterocycles. The van der Waals surface area contributed by atoms with Crippen molar-refractivity contribution in [2.45, 2.75) is 13.8 Å². The minimum Gasteiger partial charge on any atom is -0.397 e. The first-order valence-electron chi connectivity index (χ1n) is 5.36. The van der Waals surface area contributed by atoms with E-state index in [2.05, 4.69) is 0 Å². The van der Waals surface area contributed by atoms with Gasteiger partial charge in [-0.3, -0.25) is 9.36 Å². The number of anilines is 2. The molecule has 2 aromatic rings. The standard InChI is InChI=1S/C13H15N3O/c1-8-11(14)9(2)16(13(17)12(8)15)10-6-4-3-5-7-10/h3-7H,14-15H2,1-2H3. The lowest BCUT2D eigenvalue weighted by molar-refractivity contribution is 0.937. The van der Waals surface area contributed by atoms with Crippen LogP contribution in [0.3, 0.4) is 0 Å². The Kier molecular flexibility index (Phi) is 2.63. The summed E-state index contributed by atoms with van der Waals surface area (Å²) in [5.41, 5.74) is 14.4. The smallest absolute Gasteiger partial charge is 0.278 e. The van der Waals surface area contributed by atoms with Crippen LogP contribution in [0.15, 0.2) is 35.1 Å². The van der Waals surface area contributed by atoms with Gasteiger partial charge in [-0.25, -0.2) is 0 Å². The zero-order valence-corrected chi connectivity index (χ0v) is 9.90. The second-order valence-corrected chi connectivity index (χ2v) is 4.01. The number of aromatic nitrogens is 1. The van der Waals surface area contributed by atoms with Crippen molar-refractivity contribution in [1.82, 2.24) is 4.57 Å². The van der Waals surface area contributed by atoms with Crippen molar-refractivity contribution >= 4 is 11.4 Å². The fraction of sp³-hybridized carbons (Fsp3) is 0.154. The number of nitrogens with zero attached hydrogens (tertiary/aromatic N) is 1. The molecule has 0 atom stereocenters. The second kappa shape index (κ2) is 3.97. The van der Waals surface area contributed by atoms with E-state index in [-0.39, 0.29) is 11.2 Å². The van der Waals surface area contributed by atoms with E-state index >= 15 is 0 Å². The monoisotopic (exact) mass is 229 g/mol. The first-order valence-corrected chi connectivity index (χ1v) is 5.36. The topological polar surface area (TPSA) is 74.0 Å². The third kappa shape index (κ3) is 1.67. The molecule has 0 saturated heterocycles. The van der Waals surface area contributed by atoms with Gasteiger partial charge >= 0.3 is 0 Å². The van der Waals surface area contributed by atoms with E-state index in [9.17, 15) is 4.79 Å². The summed E-state index contributed by atoms with van der Waals surface area (Å²) in [5, 5.41) is 0. The van der Waals surface area contributed by atoms with Crippen molar-refractivity contribution in [2.24, 2.45) is 0 Å². The molecule has 0 fully saturated rings. The minimum atomic E-state index is -0.222. The molecule has 2 rings (SSSR count). The van der Waals surface area contributed by atoms with Gasteiger partial charge in [-0.1, -0.05) is 18.2 Å². The highest BCUT2D eigenvalue weighted by molar-refractivity contribution is 5.63. The highest BCUT2D eigenvalue weighted by Crippen LogP contribution is 2.21. The number of rotatable bonds is 1. The molecule has 17 heavy (non-hydrogen) atoms. The molecule has 1 aromatic heterocycles. The largest absolute Gasteiger partial charge is 0.397 e. The maximum absolute atomic E-state index is 12.1. The Morgan fingerprint density at radius 3 is 2.18 bits per heavy atom. The van der Waals surface area contributed by atoms with Crippen LogP contribution in [0, 0.1) is 13.8 Å². The maximum atomic E-state index is 12.1. The summed E-state index contributed by atoms with van der Waals surface area (Å²) >= 11 is 0. The van der Waals surface area contributed by atoms with Crippen LogP contribution in [0.4, 0.5) is 11.4 Å². The van der Waals surface area contributed by atoms with E-state index in [0.29, 0.717) is 16.9 Å². The lowest BCUT2D eigenvalue weighted by Gasteiger charge is -2.15. The van der Waals surface area contributed by atoms with E-state index in [1.165, 1.54) is 4.57 Å². The van der Waals surface area contributed by atoms with Crippen LogP contribution in [0.5, 0.6) is 0 Å². The van der Waals surface area contributed by atoms with Gasteiger partial charge in [0.1, 0.15) is 5.69 Å². The summed E-state index contributed by atoms with van der Waals surface area (Å²) in [5.74, 6) is 0. The zero-order chi connectivity index (χ0) is 12.6. The number of para-hydroxylation sites is 1. The van der Waals surface area contributed by atoms with Gasteiger partial charge in [-0.2, -0.15) is 0 Å². The predicted molar refractivity (Wildman–Crippen MR) is 70.3 cm³/mol. The molecule has 0 aliphatic heterocycles. The van der Waals surface area contributed by atoms with Gasteiger partial charge in [0.05, 0.1) is 5.69 Å². The van der Waals surface area contributed by atoms with Gasteiger partial charge < -0.3 is 11.5 Å². The van der Waals surface area contributed by atoms with Crippen molar-refractivity contribution in [2.75, 3.05) is 11.5 Å². The molecule has 0 amide bonds. The highest BCUT2D eigenvalue weighted by atomic mass is 16.1. The van der Waals surface area contributed by atoms with Crippen LogP contribution < -0.4 is 17.0 Å². The number of benzene rings is 1. The van der Waals surface area contributed by atoms with Gasteiger partial charge in [-0.15, -0.1) is 0 Å². The summed E-state index contributed by atoms with van der Waals surface area (Å²) in [6.07, 6.45) is 0. The Morgan fingerprint density at radius 1 is 1.00 bits per heavy atom. The molecule has 0 saturated carbocycles. The van der Waals surface area contributed by atoms with E-state index in [1.807, 2.05) is 37.3 Å².